The summed E-state index contributed by atoms with van der Waals surface area (Å²) in [4.78, 5) is 21.7. The van der Waals surface area contributed by atoms with E-state index in [0.717, 1.165) is 24.3 Å². The second-order valence-corrected chi connectivity index (χ2v) is 9.79. The molecule has 4 rings (SSSR count). The van der Waals surface area contributed by atoms with E-state index in [1.807, 2.05) is 41.3 Å². The maximum atomic E-state index is 13.2. The first-order chi connectivity index (χ1) is 14.5. The molecule has 30 heavy (non-hydrogen) atoms. The van der Waals surface area contributed by atoms with Crippen molar-refractivity contribution in [2.24, 2.45) is 0 Å². The SMILES string of the molecule is O=C(Nc1ccc(N2CCOCC2)cn1)C(c1ccccc1)N1CCS(=O)(=O)CC1. The minimum absolute atomic E-state index is 0.0656. The number of hydrogen-bond donors (Lipinski definition) is 1. The number of aromatic nitrogens is 1. The lowest BCUT2D eigenvalue weighted by atomic mass is 10.0. The van der Waals surface area contributed by atoms with Gasteiger partial charge in [0.05, 0.1) is 36.6 Å². The first-order valence-electron chi connectivity index (χ1n) is 10.1. The maximum absolute atomic E-state index is 13.2. The first-order valence-corrected chi connectivity index (χ1v) is 11.9. The molecule has 2 fully saturated rings. The Balaban J connectivity index is 1.49. The van der Waals surface area contributed by atoms with Crippen molar-refractivity contribution in [1.29, 1.82) is 0 Å². The molecule has 1 N–H and O–H groups in total. The molecule has 0 bridgehead atoms. The van der Waals surface area contributed by atoms with Crippen molar-refractivity contribution >= 4 is 27.2 Å². The van der Waals surface area contributed by atoms with Gasteiger partial charge in [-0.1, -0.05) is 30.3 Å². The van der Waals surface area contributed by atoms with Crippen molar-refractivity contribution < 1.29 is 17.9 Å². The Hall–Kier alpha value is -2.49. The van der Waals surface area contributed by atoms with Crippen molar-refractivity contribution in [2.75, 3.05) is 61.1 Å². The van der Waals surface area contributed by atoms with E-state index in [2.05, 4.69) is 15.2 Å². The highest BCUT2D eigenvalue weighted by atomic mass is 32.2. The van der Waals surface area contributed by atoms with Gasteiger partial charge in [-0.2, -0.15) is 0 Å². The van der Waals surface area contributed by atoms with Gasteiger partial charge >= 0.3 is 0 Å². The van der Waals surface area contributed by atoms with Crippen molar-refractivity contribution in [3.63, 3.8) is 0 Å². The Morgan fingerprint density at radius 3 is 2.33 bits per heavy atom. The van der Waals surface area contributed by atoms with Crippen LogP contribution >= 0.6 is 0 Å². The Morgan fingerprint density at radius 1 is 1.00 bits per heavy atom. The molecule has 1 aromatic heterocycles. The third kappa shape index (κ3) is 4.97. The van der Waals surface area contributed by atoms with Crippen molar-refractivity contribution in [2.45, 2.75) is 6.04 Å². The van der Waals surface area contributed by atoms with E-state index in [1.54, 1.807) is 12.3 Å². The monoisotopic (exact) mass is 430 g/mol. The minimum Gasteiger partial charge on any atom is -0.378 e. The van der Waals surface area contributed by atoms with Crippen molar-refractivity contribution in [1.82, 2.24) is 9.88 Å². The lowest BCUT2D eigenvalue weighted by Crippen LogP contribution is -2.46. The molecular weight excluding hydrogens is 404 g/mol. The number of pyridine rings is 1. The van der Waals surface area contributed by atoms with Gasteiger partial charge < -0.3 is 15.0 Å². The quantitative estimate of drug-likeness (QED) is 0.765. The smallest absolute Gasteiger partial charge is 0.247 e. The first kappa shape index (κ1) is 20.8. The summed E-state index contributed by atoms with van der Waals surface area (Å²) < 4.78 is 29.0. The number of hydrogen-bond acceptors (Lipinski definition) is 7. The van der Waals surface area contributed by atoms with Gasteiger partial charge in [0.1, 0.15) is 11.9 Å². The largest absolute Gasteiger partial charge is 0.378 e. The van der Waals surface area contributed by atoms with E-state index >= 15 is 0 Å². The third-order valence-electron chi connectivity index (χ3n) is 5.48. The molecule has 1 unspecified atom stereocenters. The van der Waals surface area contributed by atoms with Crippen LogP contribution in [-0.4, -0.2) is 75.1 Å². The third-order valence-corrected chi connectivity index (χ3v) is 7.09. The van der Waals surface area contributed by atoms with E-state index < -0.39 is 15.9 Å². The van der Waals surface area contributed by atoms with Gasteiger partial charge in [-0.3, -0.25) is 9.69 Å². The highest BCUT2D eigenvalue weighted by molar-refractivity contribution is 7.91. The average molecular weight is 431 g/mol. The summed E-state index contributed by atoms with van der Waals surface area (Å²) in [6.07, 6.45) is 1.76. The molecule has 2 aliphatic heterocycles. The second kappa shape index (κ2) is 9.11. The van der Waals surface area contributed by atoms with E-state index in [9.17, 15) is 13.2 Å². The summed E-state index contributed by atoms with van der Waals surface area (Å²) in [5, 5.41) is 2.90. The van der Waals surface area contributed by atoms with E-state index in [-0.39, 0.29) is 17.4 Å². The van der Waals surface area contributed by atoms with E-state index in [1.165, 1.54) is 0 Å². The summed E-state index contributed by atoms with van der Waals surface area (Å²) in [6.45, 7) is 3.70. The fourth-order valence-corrected chi connectivity index (χ4v) is 5.04. The number of carbonyl (C=O) groups is 1. The molecule has 9 heteroatoms. The van der Waals surface area contributed by atoms with Gasteiger partial charge in [-0.05, 0) is 17.7 Å². The Bertz CT molecular complexity index is 946. The Kier molecular flexibility index (Phi) is 6.31. The van der Waals surface area contributed by atoms with Crippen molar-refractivity contribution in [3.8, 4) is 0 Å². The molecule has 0 aliphatic carbocycles. The molecule has 0 spiro atoms. The predicted molar refractivity (Wildman–Crippen MR) is 115 cm³/mol. The normalized spacial score (nSPS) is 20.5. The zero-order valence-corrected chi connectivity index (χ0v) is 17.6. The zero-order valence-electron chi connectivity index (χ0n) is 16.7. The van der Waals surface area contributed by atoms with Crippen LogP contribution in [0.3, 0.4) is 0 Å². The number of nitrogens with one attached hydrogen (secondary N) is 1. The molecule has 2 aromatic rings. The van der Waals surface area contributed by atoms with Crippen LogP contribution in [0.25, 0.3) is 0 Å². The summed E-state index contributed by atoms with van der Waals surface area (Å²) in [5.41, 5.74) is 1.83. The van der Waals surface area contributed by atoms with E-state index in [0.29, 0.717) is 32.1 Å². The zero-order chi connectivity index (χ0) is 21.0. The van der Waals surface area contributed by atoms with Crippen LogP contribution in [0.5, 0.6) is 0 Å². The molecule has 2 saturated heterocycles. The van der Waals surface area contributed by atoms with Gasteiger partial charge in [0.25, 0.3) is 0 Å². The van der Waals surface area contributed by atoms with Crippen LogP contribution in [0.2, 0.25) is 0 Å². The fraction of sp³-hybridized carbons (Fsp3) is 0.429. The number of benzene rings is 1. The summed E-state index contributed by atoms with van der Waals surface area (Å²) in [6, 6.07) is 12.6. The number of rotatable bonds is 5. The molecule has 8 nitrogen and oxygen atoms in total. The molecule has 0 radical (unpaired) electrons. The van der Waals surface area contributed by atoms with Gasteiger partial charge in [0, 0.05) is 26.2 Å². The van der Waals surface area contributed by atoms with Crippen LogP contribution in [0.4, 0.5) is 11.5 Å². The van der Waals surface area contributed by atoms with Gasteiger partial charge in [-0.25, -0.2) is 13.4 Å². The Labute approximate surface area is 176 Å². The molecular formula is C21H26N4O4S. The maximum Gasteiger partial charge on any atom is 0.247 e. The lowest BCUT2D eigenvalue weighted by molar-refractivity contribution is -0.121. The van der Waals surface area contributed by atoms with Crippen LogP contribution in [-0.2, 0) is 19.4 Å². The van der Waals surface area contributed by atoms with Gasteiger partial charge in [-0.15, -0.1) is 0 Å². The van der Waals surface area contributed by atoms with Crippen LogP contribution in [0.1, 0.15) is 11.6 Å². The van der Waals surface area contributed by atoms with Crippen LogP contribution in [0, 0.1) is 0 Å². The molecule has 1 amide bonds. The summed E-state index contributed by atoms with van der Waals surface area (Å²) in [7, 11) is -3.03. The predicted octanol–water partition coefficient (Wildman–Crippen LogP) is 1.33. The number of ether oxygens (including phenoxy) is 1. The number of amides is 1. The topological polar surface area (TPSA) is 91.8 Å². The molecule has 2 aliphatic rings. The molecule has 0 saturated carbocycles. The van der Waals surface area contributed by atoms with E-state index in [4.69, 9.17) is 4.74 Å². The lowest BCUT2D eigenvalue weighted by Gasteiger charge is -2.33. The van der Waals surface area contributed by atoms with Gasteiger partial charge in [0.2, 0.25) is 5.91 Å². The van der Waals surface area contributed by atoms with Crippen LogP contribution < -0.4 is 10.2 Å². The number of carbonyl (C=O) groups excluding carboxylic acids is 1. The highest BCUT2D eigenvalue weighted by Gasteiger charge is 2.32. The molecule has 1 aromatic carbocycles. The summed E-state index contributed by atoms with van der Waals surface area (Å²) in [5.74, 6) is 0.390. The van der Waals surface area contributed by atoms with Crippen LogP contribution in [0.15, 0.2) is 48.7 Å². The van der Waals surface area contributed by atoms with Crippen molar-refractivity contribution in [3.05, 3.63) is 54.2 Å². The number of sulfone groups is 1. The highest BCUT2D eigenvalue weighted by Crippen LogP contribution is 2.25. The molecule has 1 atom stereocenters. The fourth-order valence-electron chi connectivity index (χ4n) is 3.81. The molecule has 3 heterocycles. The number of morpholine rings is 1. The number of anilines is 2. The minimum atomic E-state index is -3.03. The average Bonchev–Trinajstić information content (AvgIpc) is 2.77. The molecule has 160 valence electrons. The van der Waals surface area contributed by atoms with Gasteiger partial charge in [0.15, 0.2) is 9.84 Å². The second-order valence-electron chi connectivity index (χ2n) is 7.49. The number of nitrogens with zero attached hydrogens (tertiary/aromatic N) is 3. The standard InChI is InChI=1S/C21H26N4O4S/c26-21(23-19-7-6-18(16-22-19)24-8-12-29-13-9-24)20(17-4-2-1-3-5-17)25-10-14-30(27,28)15-11-25/h1-7,16,20H,8-15H2,(H,22,23,26). The Morgan fingerprint density at radius 2 is 1.70 bits per heavy atom. The summed E-state index contributed by atoms with van der Waals surface area (Å²) >= 11 is 0.